The number of carboxylic acid groups (broad SMARTS) is 1. The summed E-state index contributed by atoms with van der Waals surface area (Å²) in [7, 11) is 1.54. The fourth-order valence-corrected chi connectivity index (χ4v) is 5.11. The van der Waals surface area contributed by atoms with Crippen molar-refractivity contribution in [3.05, 3.63) is 70.4 Å². The number of nitrogens with two attached hydrogens (primary N) is 2. The zero-order valence-electron chi connectivity index (χ0n) is 21.8. The summed E-state index contributed by atoms with van der Waals surface area (Å²) < 4.78 is 0. The molecule has 0 spiro atoms. The molecule has 39 heavy (non-hydrogen) atoms. The molecule has 0 saturated heterocycles. The smallest absolute Gasteiger partial charge is 0.404 e. The molecule has 1 heterocycles. The van der Waals surface area contributed by atoms with Gasteiger partial charge in [0.1, 0.15) is 12.1 Å². The van der Waals surface area contributed by atoms with Gasteiger partial charge in [-0.05, 0) is 53.5 Å². The summed E-state index contributed by atoms with van der Waals surface area (Å²) in [6.07, 6.45) is 0.616. The van der Waals surface area contributed by atoms with Crippen LogP contribution >= 0.6 is 11.3 Å². The van der Waals surface area contributed by atoms with Gasteiger partial charge in [-0.2, -0.15) is 0 Å². The van der Waals surface area contributed by atoms with Crippen LogP contribution in [0.3, 0.4) is 0 Å². The van der Waals surface area contributed by atoms with E-state index >= 15 is 0 Å². The van der Waals surface area contributed by atoms with E-state index in [0.717, 1.165) is 21.2 Å². The highest BCUT2D eigenvalue weighted by molar-refractivity contribution is 7.09. The minimum absolute atomic E-state index is 0.224. The molecular weight excluding hydrogens is 518 g/mol. The van der Waals surface area contributed by atoms with E-state index in [2.05, 4.69) is 10.6 Å². The number of nitrogens with zero attached hydrogens (tertiary/aromatic N) is 1. The number of rotatable bonds is 14. The maximum atomic E-state index is 13.4. The molecule has 0 bridgehead atoms. The Hall–Kier alpha value is -3.96. The number of nitrogens with one attached hydrogen (secondary N) is 2. The number of primary amides is 1. The lowest BCUT2D eigenvalue weighted by molar-refractivity contribution is -0.140. The van der Waals surface area contributed by atoms with E-state index in [1.807, 2.05) is 60.0 Å². The van der Waals surface area contributed by atoms with Crippen molar-refractivity contribution in [3.63, 3.8) is 0 Å². The largest absolute Gasteiger partial charge is 0.465 e. The standard InChI is InChI=1S/C28H35N5O5S/c1-33(27(36)22(29)16-18-11-12-19-7-2-3-8-20(19)15-18)24(17-21-9-6-14-39-21)26(35)32-23(25(30)34)10-4-5-13-31-28(37)38/h2-3,6-9,11-12,14-15,22-24,31H,4-5,10,13,16-17,29H2,1H3,(H2,30,34)(H,32,35)(H,37,38)/t22-,23+,24-/m1/s1. The molecule has 2 aromatic carbocycles. The van der Waals surface area contributed by atoms with Crippen LogP contribution in [-0.2, 0) is 27.2 Å². The molecule has 0 saturated carbocycles. The van der Waals surface area contributed by atoms with Gasteiger partial charge >= 0.3 is 6.09 Å². The Balaban J connectivity index is 1.69. The molecule has 3 aromatic rings. The van der Waals surface area contributed by atoms with Gasteiger partial charge in [-0.25, -0.2) is 4.79 Å². The van der Waals surface area contributed by atoms with E-state index in [9.17, 15) is 19.2 Å². The molecule has 3 atom stereocenters. The molecule has 3 rings (SSSR count). The molecule has 4 amide bonds. The van der Waals surface area contributed by atoms with Crippen molar-refractivity contribution >= 4 is 45.9 Å². The predicted molar refractivity (Wildman–Crippen MR) is 151 cm³/mol. The van der Waals surface area contributed by atoms with E-state index in [1.165, 1.54) is 23.3 Å². The minimum Gasteiger partial charge on any atom is -0.465 e. The van der Waals surface area contributed by atoms with E-state index in [-0.39, 0.29) is 19.4 Å². The zero-order chi connectivity index (χ0) is 28.4. The Morgan fingerprint density at radius 1 is 1.00 bits per heavy atom. The van der Waals surface area contributed by atoms with Crippen molar-refractivity contribution in [1.29, 1.82) is 0 Å². The lowest BCUT2D eigenvalue weighted by atomic mass is 10.0. The molecule has 1 aromatic heterocycles. The van der Waals surface area contributed by atoms with Crippen molar-refractivity contribution in [1.82, 2.24) is 15.5 Å². The van der Waals surface area contributed by atoms with Crippen molar-refractivity contribution in [2.75, 3.05) is 13.6 Å². The van der Waals surface area contributed by atoms with E-state index < -0.39 is 41.9 Å². The SMILES string of the molecule is CN(C(=O)[C@H](N)Cc1ccc2ccccc2c1)[C@H](Cc1cccs1)C(=O)N[C@@H](CCCCNC(=O)O)C(N)=O. The topological polar surface area (TPSA) is 168 Å². The van der Waals surface area contributed by atoms with Crippen LogP contribution < -0.4 is 22.1 Å². The van der Waals surface area contributed by atoms with Gasteiger partial charge in [0.2, 0.25) is 17.7 Å². The monoisotopic (exact) mass is 553 g/mol. The Kier molecular flexibility index (Phi) is 10.8. The average molecular weight is 554 g/mol. The summed E-state index contributed by atoms with van der Waals surface area (Å²) in [6, 6.07) is 14.8. The van der Waals surface area contributed by atoms with Crippen LogP contribution in [0, 0.1) is 0 Å². The first-order chi connectivity index (χ1) is 18.7. The number of carbonyl (C=O) groups is 4. The number of likely N-dealkylation sites (N-methyl/N-ethyl adjacent to an activating group) is 1. The average Bonchev–Trinajstić information content (AvgIpc) is 3.43. The van der Waals surface area contributed by atoms with E-state index in [4.69, 9.17) is 16.6 Å². The first-order valence-electron chi connectivity index (χ1n) is 12.7. The molecule has 7 N–H and O–H groups in total. The van der Waals surface area contributed by atoms with Gasteiger partial charge in [-0.3, -0.25) is 14.4 Å². The number of amides is 4. The Labute approximate surface area is 231 Å². The van der Waals surface area contributed by atoms with Crippen LogP contribution in [0.5, 0.6) is 0 Å². The fraction of sp³-hybridized carbons (Fsp3) is 0.357. The number of thiophene rings is 1. The highest BCUT2D eigenvalue weighted by atomic mass is 32.1. The highest BCUT2D eigenvalue weighted by Crippen LogP contribution is 2.18. The summed E-state index contributed by atoms with van der Waals surface area (Å²) in [5.74, 6) is -1.61. The molecule has 0 unspecified atom stereocenters. The van der Waals surface area contributed by atoms with E-state index in [0.29, 0.717) is 19.3 Å². The zero-order valence-corrected chi connectivity index (χ0v) is 22.7. The van der Waals surface area contributed by atoms with Crippen LogP contribution in [0.1, 0.15) is 29.7 Å². The van der Waals surface area contributed by atoms with Crippen molar-refractivity contribution in [2.24, 2.45) is 11.5 Å². The van der Waals surface area contributed by atoms with Gasteiger partial charge in [-0.1, -0.05) is 48.5 Å². The summed E-state index contributed by atoms with van der Waals surface area (Å²) in [6.45, 7) is 0.224. The second-order valence-electron chi connectivity index (χ2n) is 9.43. The number of fused-ring (bicyclic) bond motifs is 1. The van der Waals surface area contributed by atoms with Crippen molar-refractivity contribution in [2.45, 2.75) is 50.2 Å². The Bertz CT molecular complexity index is 1280. The fourth-order valence-electron chi connectivity index (χ4n) is 4.37. The molecule has 0 aliphatic heterocycles. The second-order valence-corrected chi connectivity index (χ2v) is 10.5. The molecule has 0 aliphatic rings. The van der Waals surface area contributed by atoms with Crippen LogP contribution in [0.15, 0.2) is 60.0 Å². The van der Waals surface area contributed by atoms with Gasteiger partial charge in [0.25, 0.3) is 0 Å². The van der Waals surface area contributed by atoms with Crippen LogP contribution in [0.25, 0.3) is 10.8 Å². The Morgan fingerprint density at radius 3 is 2.41 bits per heavy atom. The number of unbranched alkanes of at least 4 members (excludes halogenated alkanes) is 1. The Morgan fingerprint density at radius 2 is 1.74 bits per heavy atom. The van der Waals surface area contributed by atoms with Crippen molar-refractivity contribution in [3.8, 4) is 0 Å². The highest BCUT2D eigenvalue weighted by Gasteiger charge is 2.32. The maximum absolute atomic E-state index is 13.4. The van der Waals surface area contributed by atoms with Crippen molar-refractivity contribution < 1.29 is 24.3 Å². The van der Waals surface area contributed by atoms with Gasteiger partial charge in [0.05, 0.1) is 6.04 Å². The quantitative estimate of drug-likeness (QED) is 0.192. The van der Waals surface area contributed by atoms with E-state index in [1.54, 1.807) is 0 Å². The van der Waals surface area contributed by atoms with Gasteiger partial charge in [0, 0.05) is 24.9 Å². The third-order valence-corrected chi connectivity index (χ3v) is 7.43. The minimum atomic E-state index is -1.13. The normalized spacial score (nSPS) is 13.3. The molecule has 0 aliphatic carbocycles. The molecular formula is C28H35N5O5S. The number of hydrogen-bond donors (Lipinski definition) is 5. The second kappa shape index (κ2) is 14.3. The van der Waals surface area contributed by atoms with Crippen LogP contribution in [0.4, 0.5) is 4.79 Å². The summed E-state index contributed by atoms with van der Waals surface area (Å²) in [4.78, 5) is 51.7. The predicted octanol–water partition coefficient (Wildman–Crippen LogP) is 2.25. The lowest BCUT2D eigenvalue weighted by Crippen LogP contribution is -2.56. The van der Waals surface area contributed by atoms with Crippen LogP contribution in [-0.4, -0.2) is 65.5 Å². The number of benzene rings is 2. The molecule has 11 heteroatoms. The first-order valence-corrected chi connectivity index (χ1v) is 13.6. The molecule has 0 radical (unpaired) electrons. The maximum Gasteiger partial charge on any atom is 0.404 e. The summed E-state index contributed by atoms with van der Waals surface area (Å²) >= 11 is 1.46. The lowest BCUT2D eigenvalue weighted by Gasteiger charge is -2.30. The molecule has 10 nitrogen and oxygen atoms in total. The third-order valence-electron chi connectivity index (χ3n) is 6.53. The molecule has 0 fully saturated rings. The third kappa shape index (κ3) is 8.79. The molecule has 208 valence electrons. The van der Waals surface area contributed by atoms with Gasteiger partial charge < -0.3 is 32.1 Å². The summed E-state index contributed by atoms with van der Waals surface area (Å²) in [5, 5.41) is 17.6. The number of carbonyl (C=O) groups excluding carboxylic acids is 3. The summed E-state index contributed by atoms with van der Waals surface area (Å²) in [5.41, 5.74) is 12.8. The first kappa shape index (κ1) is 29.6. The number of hydrogen-bond acceptors (Lipinski definition) is 6. The van der Waals surface area contributed by atoms with Gasteiger partial charge in [-0.15, -0.1) is 11.3 Å². The van der Waals surface area contributed by atoms with Crippen LogP contribution in [0.2, 0.25) is 0 Å². The van der Waals surface area contributed by atoms with Gasteiger partial charge in [0.15, 0.2) is 0 Å².